The maximum Gasteiger partial charge on any atom is 0.497 e. The Hall–Kier alpha value is -2.91. The lowest BCUT2D eigenvalue weighted by molar-refractivity contribution is 0.00578. The molecule has 1 aliphatic rings. The molecular weight excluding hydrogens is 400 g/mol. The maximum absolute atomic E-state index is 14.7. The third-order valence-electron chi connectivity index (χ3n) is 5.56. The van der Waals surface area contributed by atoms with Crippen LogP contribution in [0.1, 0.15) is 38.1 Å². The van der Waals surface area contributed by atoms with Crippen LogP contribution in [0.2, 0.25) is 0 Å². The number of hydrogen-bond donors (Lipinski definition) is 2. The molecule has 7 nitrogen and oxygen atoms in total. The summed E-state index contributed by atoms with van der Waals surface area (Å²) in [7, 11) is 2.51. The first-order chi connectivity index (χ1) is 14.4. The van der Waals surface area contributed by atoms with E-state index < -0.39 is 30.2 Å². The van der Waals surface area contributed by atoms with Gasteiger partial charge in [-0.3, -0.25) is 4.79 Å². The first-order valence-electron chi connectivity index (χ1n) is 9.94. The summed E-state index contributed by atoms with van der Waals surface area (Å²) in [5.41, 5.74) is 0.417. The topological polar surface area (TPSA) is 79.9 Å². The summed E-state index contributed by atoms with van der Waals surface area (Å²) in [6, 6.07) is 10.3. The van der Waals surface area contributed by atoms with Gasteiger partial charge in [-0.05, 0) is 64.1 Å². The Morgan fingerprint density at radius 3 is 1.94 bits per heavy atom. The molecule has 0 spiro atoms. The predicted molar refractivity (Wildman–Crippen MR) is 119 cm³/mol. The quantitative estimate of drug-likeness (QED) is 0.733. The second-order valence-corrected chi connectivity index (χ2v) is 8.68. The molecule has 1 aliphatic heterocycles. The molecule has 3 amide bonds. The Bertz CT molecular complexity index is 977. The first-order valence-corrected chi connectivity index (χ1v) is 9.94. The Balaban J connectivity index is 1.64. The molecule has 2 aromatic carbocycles. The van der Waals surface area contributed by atoms with Gasteiger partial charge in [0.2, 0.25) is 0 Å². The molecular formula is C22H27BFN3O4. The van der Waals surface area contributed by atoms with E-state index in [1.54, 1.807) is 44.4 Å². The van der Waals surface area contributed by atoms with Crippen molar-refractivity contribution in [3.05, 3.63) is 53.8 Å². The van der Waals surface area contributed by atoms with E-state index in [0.29, 0.717) is 11.3 Å². The van der Waals surface area contributed by atoms with Crippen LogP contribution in [0, 0.1) is 5.82 Å². The highest BCUT2D eigenvalue weighted by Gasteiger charge is 2.52. The van der Waals surface area contributed by atoms with Gasteiger partial charge in [0.25, 0.3) is 5.91 Å². The molecule has 0 aromatic heterocycles. The Morgan fingerprint density at radius 2 is 1.42 bits per heavy atom. The molecule has 0 atom stereocenters. The van der Waals surface area contributed by atoms with Crippen LogP contribution >= 0.6 is 0 Å². The summed E-state index contributed by atoms with van der Waals surface area (Å²) in [5.74, 6) is -0.670. The minimum Gasteiger partial charge on any atom is -0.399 e. The monoisotopic (exact) mass is 427 g/mol. The summed E-state index contributed by atoms with van der Waals surface area (Å²) in [6.07, 6.45) is 0. The number of urea groups is 1. The number of rotatable bonds is 4. The van der Waals surface area contributed by atoms with E-state index >= 15 is 0 Å². The van der Waals surface area contributed by atoms with E-state index in [0.717, 1.165) is 0 Å². The summed E-state index contributed by atoms with van der Waals surface area (Å²) < 4.78 is 26.5. The van der Waals surface area contributed by atoms with Gasteiger partial charge in [0.1, 0.15) is 5.82 Å². The largest absolute Gasteiger partial charge is 0.497 e. The average Bonchev–Trinajstić information content (AvgIpc) is 2.88. The van der Waals surface area contributed by atoms with Crippen LogP contribution in [-0.4, -0.2) is 49.3 Å². The van der Waals surface area contributed by atoms with Gasteiger partial charge in [-0.25, -0.2) is 9.18 Å². The summed E-state index contributed by atoms with van der Waals surface area (Å²) in [6.45, 7) is 7.59. The second-order valence-electron chi connectivity index (χ2n) is 8.68. The fraction of sp³-hybridized carbons (Fsp3) is 0.364. The number of anilines is 2. The normalized spacial score (nSPS) is 16.7. The third-order valence-corrected chi connectivity index (χ3v) is 5.56. The fourth-order valence-electron chi connectivity index (χ4n) is 3.01. The van der Waals surface area contributed by atoms with Gasteiger partial charge in [-0.2, -0.15) is 0 Å². The summed E-state index contributed by atoms with van der Waals surface area (Å²) >= 11 is 0. The van der Waals surface area contributed by atoms with Gasteiger partial charge in [0.15, 0.2) is 0 Å². The van der Waals surface area contributed by atoms with Crippen LogP contribution in [0.25, 0.3) is 0 Å². The van der Waals surface area contributed by atoms with E-state index in [4.69, 9.17) is 9.31 Å². The Morgan fingerprint density at radius 1 is 0.903 bits per heavy atom. The lowest BCUT2D eigenvalue weighted by Crippen LogP contribution is -2.41. The number of carbonyl (C=O) groups excluding carboxylic acids is 2. The zero-order chi connectivity index (χ0) is 23.0. The number of benzene rings is 2. The van der Waals surface area contributed by atoms with Crippen molar-refractivity contribution in [2.75, 3.05) is 24.7 Å². The van der Waals surface area contributed by atoms with Crippen LogP contribution in [-0.2, 0) is 9.31 Å². The first kappa shape index (κ1) is 22.8. The molecule has 0 aliphatic carbocycles. The lowest BCUT2D eigenvalue weighted by Gasteiger charge is -2.32. The van der Waals surface area contributed by atoms with Crippen molar-refractivity contribution in [3.8, 4) is 0 Å². The highest BCUT2D eigenvalue weighted by Crippen LogP contribution is 2.36. The van der Waals surface area contributed by atoms with E-state index in [2.05, 4.69) is 10.6 Å². The molecule has 1 heterocycles. The van der Waals surface area contributed by atoms with Crippen molar-refractivity contribution in [2.24, 2.45) is 0 Å². The predicted octanol–water partition coefficient (Wildman–Crippen LogP) is 3.47. The number of nitrogens with one attached hydrogen (secondary N) is 2. The number of amides is 3. The van der Waals surface area contributed by atoms with Crippen molar-refractivity contribution in [1.82, 2.24) is 4.90 Å². The van der Waals surface area contributed by atoms with E-state index in [1.807, 2.05) is 27.7 Å². The van der Waals surface area contributed by atoms with Crippen molar-refractivity contribution in [2.45, 2.75) is 38.9 Å². The van der Waals surface area contributed by atoms with Gasteiger partial charge in [0.05, 0.1) is 11.2 Å². The lowest BCUT2D eigenvalue weighted by atomic mass is 9.78. The van der Waals surface area contributed by atoms with Crippen molar-refractivity contribution >= 4 is 35.9 Å². The molecule has 2 aromatic rings. The Labute approximate surface area is 182 Å². The van der Waals surface area contributed by atoms with Crippen LogP contribution in [0.5, 0.6) is 0 Å². The third kappa shape index (κ3) is 4.89. The minimum atomic E-state index is -0.823. The van der Waals surface area contributed by atoms with Crippen LogP contribution in [0.15, 0.2) is 42.5 Å². The fourth-order valence-corrected chi connectivity index (χ4v) is 3.01. The van der Waals surface area contributed by atoms with Crippen molar-refractivity contribution in [1.29, 1.82) is 0 Å². The number of nitrogens with zero attached hydrogens (tertiary/aromatic N) is 1. The molecule has 2 N–H and O–H groups in total. The molecule has 31 heavy (non-hydrogen) atoms. The van der Waals surface area contributed by atoms with Gasteiger partial charge in [-0.1, -0.05) is 6.07 Å². The van der Waals surface area contributed by atoms with E-state index in [1.165, 1.54) is 17.0 Å². The number of carbonyl (C=O) groups is 2. The standard InChI is InChI=1S/C22H27BFN3O4/c1-21(2)22(3,4)31-23(30-21)17-12-11-16(13-18(17)24)26-20(29)25-15-9-7-14(8-10-15)19(28)27(5)6/h7-13H,1-6H3,(H2,25,26,29). The van der Waals surface area contributed by atoms with Crippen LogP contribution < -0.4 is 16.1 Å². The second kappa shape index (κ2) is 8.32. The SMILES string of the molecule is CN(C)C(=O)c1ccc(NC(=O)Nc2ccc(B3OC(C)(C)C(C)(C)O3)c(F)c2)cc1. The minimum absolute atomic E-state index is 0.131. The van der Waals surface area contributed by atoms with Gasteiger partial charge >= 0.3 is 13.1 Å². The molecule has 0 unspecified atom stereocenters. The highest BCUT2D eigenvalue weighted by atomic mass is 19.1. The number of hydrogen-bond acceptors (Lipinski definition) is 4. The maximum atomic E-state index is 14.7. The Kier molecular flexibility index (Phi) is 6.11. The van der Waals surface area contributed by atoms with E-state index in [9.17, 15) is 14.0 Å². The zero-order valence-corrected chi connectivity index (χ0v) is 18.6. The molecule has 9 heteroatoms. The molecule has 0 bridgehead atoms. The molecule has 164 valence electrons. The van der Waals surface area contributed by atoms with Crippen molar-refractivity contribution < 1.29 is 23.3 Å². The molecule has 3 rings (SSSR count). The van der Waals surface area contributed by atoms with Crippen LogP contribution in [0.4, 0.5) is 20.6 Å². The average molecular weight is 427 g/mol. The molecule has 0 radical (unpaired) electrons. The van der Waals surface area contributed by atoms with Gasteiger partial charge < -0.3 is 24.8 Å². The zero-order valence-electron chi connectivity index (χ0n) is 18.6. The van der Waals surface area contributed by atoms with Crippen LogP contribution in [0.3, 0.4) is 0 Å². The number of halogens is 1. The molecule has 1 saturated heterocycles. The van der Waals surface area contributed by atoms with Crippen molar-refractivity contribution in [3.63, 3.8) is 0 Å². The van der Waals surface area contributed by atoms with Gasteiger partial charge in [0, 0.05) is 36.5 Å². The van der Waals surface area contributed by atoms with E-state index in [-0.39, 0.29) is 17.1 Å². The summed E-state index contributed by atoms with van der Waals surface area (Å²) in [5, 5.41) is 5.24. The molecule has 1 fully saturated rings. The van der Waals surface area contributed by atoms with Gasteiger partial charge in [-0.15, -0.1) is 0 Å². The summed E-state index contributed by atoms with van der Waals surface area (Å²) in [4.78, 5) is 25.6. The highest BCUT2D eigenvalue weighted by molar-refractivity contribution is 6.62. The smallest absolute Gasteiger partial charge is 0.399 e. The molecule has 0 saturated carbocycles.